The van der Waals surface area contributed by atoms with Gasteiger partial charge in [0.15, 0.2) is 5.78 Å². The van der Waals surface area contributed by atoms with Crippen LogP contribution in [0.4, 0.5) is 0 Å². The number of ether oxygens (including phenoxy) is 2. The van der Waals surface area contributed by atoms with Crippen molar-refractivity contribution in [2.45, 2.75) is 66.4 Å². The van der Waals surface area contributed by atoms with E-state index >= 15 is 0 Å². The summed E-state index contributed by atoms with van der Waals surface area (Å²) in [5.41, 5.74) is -0.923. The highest BCUT2D eigenvalue weighted by Crippen LogP contribution is 2.16. The number of esters is 1. The number of hydrogen-bond acceptors (Lipinski definition) is 5. The Morgan fingerprint density at radius 1 is 0.857 bits per heavy atom. The molecule has 5 nitrogen and oxygen atoms in total. The molecule has 0 saturated carbocycles. The van der Waals surface area contributed by atoms with E-state index in [1.54, 1.807) is 20.8 Å². The molecule has 0 rings (SSSR count). The minimum absolute atomic E-state index is 0.0870. The highest BCUT2D eigenvalue weighted by Gasteiger charge is 2.27. The molecule has 0 saturated heterocycles. The fourth-order valence-electron chi connectivity index (χ4n) is 1.50. The summed E-state index contributed by atoms with van der Waals surface area (Å²) >= 11 is 0. The van der Waals surface area contributed by atoms with Crippen LogP contribution in [0.3, 0.4) is 0 Å². The molecule has 0 fully saturated rings. The molecule has 0 aromatic carbocycles. The van der Waals surface area contributed by atoms with Crippen molar-refractivity contribution in [3.63, 3.8) is 0 Å². The zero-order valence-corrected chi connectivity index (χ0v) is 14.1. The Balaban J connectivity index is 3.81. The predicted octanol–water partition coefficient (Wildman–Crippen LogP) is 2.70. The molecule has 0 aromatic rings. The monoisotopic (exact) mass is 300 g/mol. The normalized spacial score (nSPS) is 12.1. The Morgan fingerprint density at radius 3 is 1.90 bits per heavy atom. The molecule has 0 N–H and O–H groups in total. The van der Waals surface area contributed by atoms with Crippen molar-refractivity contribution < 1.29 is 23.9 Å². The average Bonchev–Trinajstić information content (AvgIpc) is 2.31. The van der Waals surface area contributed by atoms with E-state index < -0.39 is 17.0 Å². The van der Waals surface area contributed by atoms with Gasteiger partial charge >= 0.3 is 5.97 Å². The summed E-state index contributed by atoms with van der Waals surface area (Å²) in [6, 6.07) is 0. The molecule has 0 radical (unpaired) electrons. The molecule has 0 aliphatic rings. The van der Waals surface area contributed by atoms with E-state index in [-0.39, 0.29) is 31.0 Å². The molecule has 0 amide bonds. The van der Waals surface area contributed by atoms with Gasteiger partial charge in [0.2, 0.25) is 5.78 Å². The molecular formula is C16H28O5. The Labute approximate surface area is 127 Å². The molecule has 21 heavy (non-hydrogen) atoms. The van der Waals surface area contributed by atoms with Crippen LogP contribution in [0.1, 0.15) is 60.8 Å². The maximum atomic E-state index is 11.7. The zero-order chi connectivity index (χ0) is 16.7. The maximum Gasteiger partial charge on any atom is 0.305 e. The summed E-state index contributed by atoms with van der Waals surface area (Å²) in [6.07, 6.45) is 0.558. The van der Waals surface area contributed by atoms with E-state index in [1.807, 2.05) is 20.8 Å². The fraction of sp³-hybridized carbons (Fsp3) is 0.812. The number of hydrogen-bond donors (Lipinski definition) is 0. The first-order chi connectivity index (χ1) is 9.43. The number of Topliss-reactive ketones (excluding diaryl/α,β-unsaturated/α-hetero) is 2. The summed E-state index contributed by atoms with van der Waals surface area (Å²) in [7, 11) is 0. The summed E-state index contributed by atoms with van der Waals surface area (Å²) in [5.74, 6) is -1.19. The van der Waals surface area contributed by atoms with Crippen LogP contribution >= 0.6 is 0 Å². The third-order valence-electron chi connectivity index (χ3n) is 2.60. The standard InChI is InChI=1S/C16H28O5/c1-15(2,3)14(19)12(17)8-7-9-13(18)20-10-11-21-16(4,5)6/h7-11H2,1-6H3. The quantitative estimate of drug-likeness (QED) is 0.391. The molecule has 0 bridgehead atoms. The lowest BCUT2D eigenvalue weighted by atomic mass is 9.87. The van der Waals surface area contributed by atoms with Crippen molar-refractivity contribution in [2.24, 2.45) is 5.41 Å². The van der Waals surface area contributed by atoms with Crippen molar-refractivity contribution in [2.75, 3.05) is 13.2 Å². The maximum absolute atomic E-state index is 11.7. The predicted molar refractivity (Wildman–Crippen MR) is 80.0 cm³/mol. The lowest BCUT2D eigenvalue weighted by Crippen LogP contribution is -2.28. The van der Waals surface area contributed by atoms with Crippen LogP contribution in [-0.4, -0.2) is 36.4 Å². The SMILES string of the molecule is CC(C)(C)OCCOC(=O)CCCC(=O)C(=O)C(C)(C)C. The van der Waals surface area contributed by atoms with Crippen LogP contribution in [0.15, 0.2) is 0 Å². The number of ketones is 2. The first-order valence-electron chi connectivity index (χ1n) is 7.31. The second kappa shape index (κ2) is 8.27. The van der Waals surface area contributed by atoms with Gasteiger partial charge in [-0.05, 0) is 27.2 Å². The van der Waals surface area contributed by atoms with Gasteiger partial charge in [-0.25, -0.2) is 0 Å². The van der Waals surface area contributed by atoms with E-state index in [0.717, 1.165) is 0 Å². The summed E-state index contributed by atoms with van der Waals surface area (Å²) in [5, 5.41) is 0. The summed E-state index contributed by atoms with van der Waals surface area (Å²) < 4.78 is 10.4. The molecule has 0 heterocycles. The van der Waals surface area contributed by atoms with E-state index in [4.69, 9.17) is 9.47 Å². The van der Waals surface area contributed by atoms with Gasteiger partial charge in [0.05, 0.1) is 12.2 Å². The van der Waals surface area contributed by atoms with Gasteiger partial charge in [0, 0.05) is 18.3 Å². The molecular weight excluding hydrogens is 272 g/mol. The highest BCUT2D eigenvalue weighted by atomic mass is 16.6. The van der Waals surface area contributed by atoms with E-state index in [2.05, 4.69) is 0 Å². The van der Waals surface area contributed by atoms with E-state index in [1.165, 1.54) is 0 Å². The molecule has 0 atom stereocenters. The number of carbonyl (C=O) groups is 3. The van der Waals surface area contributed by atoms with E-state index in [9.17, 15) is 14.4 Å². The summed E-state index contributed by atoms with van der Waals surface area (Å²) in [6.45, 7) is 11.4. The first kappa shape index (κ1) is 19.8. The van der Waals surface area contributed by atoms with Gasteiger partial charge in [0.1, 0.15) is 6.61 Å². The molecule has 122 valence electrons. The fourth-order valence-corrected chi connectivity index (χ4v) is 1.50. The third kappa shape index (κ3) is 10.2. The molecule has 5 heteroatoms. The van der Waals surface area contributed by atoms with Crippen LogP contribution in [0.5, 0.6) is 0 Å². The van der Waals surface area contributed by atoms with Crippen LogP contribution in [0, 0.1) is 5.41 Å². The van der Waals surface area contributed by atoms with Gasteiger partial charge < -0.3 is 9.47 Å². The smallest absolute Gasteiger partial charge is 0.305 e. The Kier molecular flexibility index (Phi) is 7.79. The third-order valence-corrected chi connectivity index (χ3v) is 2.60. The Bertz CT molecular complexity index is 371. The lowest BCUT2D eigenvalue weighted by molar-refractivity contribution is -0.147. The molecule has 0 aromatic heterocycles. The van der Waals surface area contributed by atoms with Gasteiger partial charge in [-0.3, -0.25) is 14.4 Å². The lowest BCUT2D eigenvalue weighted by Gasteiger charge is -2.19. The molecule has 0 unspecified atom stereocenters. The van der Waals surface area contributed by atoms with E-state index in [0.29, 0.717) is 13.0 Å². The Hall–Kier alpha value is -1.23. The van der Waals surface area contributed by atoms with Crippen molar-refractivity contribution in [3.05, 3.63) is 0 Å². The van der Waals surface area contributed by atoms with Crippen LogP contribution in [0.25, 0.3) is 0 Å². The van der Waals surface area contributed by atoms with Gasteiger partial charge in [-0.2, -0.15) is 0 Å². The second-order valence-electron chi connectivity index (χ2n) is 7.04. The van der Waals surface area contributed by atoms with Gasteiger partial charge in [-0.15, -0.1) is 0 Å². The van der Waals surface area contributed by atoms with Crippen LogP contribution in [0.2, 0.25) is 0 Å². The first-order valence-corrected chi connectivity index (χ1v) is 7.31. The molecule has 0 aliphatic heterocycles. The molecule has 0 aliphatic carbocycles. The van der Waals surface area contributed by atoms with Crippen LogP contribution in [-0.2, 0) is 23.9 Å². The number of carbonyl (C=O) groups excluding carboxylic acids is 3. The second-order valence-corrected chi connectivity index (χ2v) is 7.04. The topological polar surface area (TPSA) is 69.7 Å². The zero-order valence-electron chi connectivity index (χ0n) is 14.1. The summed E-state index contributed by atoms with van der Waals surface area (Å²) in [4.78, 5) is 34.7. The van der Waals surface area contributed by atoms with Gasteiger partial charge in [0.25, 0.3) is 0 Å². The van der Waals surface area contributed by atoms with Crippen molar-refractivity contribution in [1.82, 2.24) is 0 Å². The van der Waals surface area contributed by atoms with Crippen molar-refractivity contribution >= 4 is 17.5 Å². The minimum Gasteiger partial charge on any atom is -0.463 e. The van der Waals surface area contributed by atoms with Gasteiger partial charge in [-0.1, -0.05) is 20.8 Å². The van der Waals surface area contributed by atoms with Crippen LogP contribution < -0.4 is 0 Å². The van der Waals surface area contributed by atoms with Crippen molar-refractivity contribution in [1.29, 1.82) is 0 Å². The Morgan fingerprint density at radius 2 is 1.43 bits per heavy atom. The van der Waals surface area contributed by atoms with Crippen molar-refractivity contribution in [3.8, 4) is 0 Å². The number of rotatable bonds is 8. The largest absolute Gasteiger partial charge is 0.463 e. The minimum atomic E-state index is -0.665. The average molecular weight is 300 g/mol. The molecule has 0 spiro atoms. The highest BCUT2D eigenvalue weighted by molar-refractivity contribution is 6.38.